The minimum atomic E-state index is -0.153. The van der Waals surface area contributed by atoms with E-state index < -0.39 is 0 Å². The molecule has 1 aliphatic rings. The third-order valence-corrected chi connectivity index (χ3v) is 7.39. The second-order valence-electron chi connectivity index (χ2n) is 10.4. The van der Waals surface area contributed by atoms with Crippen LogP contribution < -0.4 is 15.8 Å². The zero-order valence-electron chi connectivity index (χ0n) is 23.1. The highest BCUT2D eigenvalue weighted by molar-refractivity contribution is 6.04. The largest absolute Gasteiger partial charge is 0.457 e. The van der Waals surface area contributed by atoms with Crippen LogP contribution in [-0.2, 0) is 6.54 Å². The number of rotatable bonds is 7. The zero-order chi connectivity index (χ0) is 28.3. The average Bonchev–Trinajstić information content (AvgIpc) is 3.42. The molecule has 208 valence electrons. The van der Waals surface area contributed by atoms with E-state index in [1.807, 2.05) is 67.6 Å². The molecule has 4 N–H and O–H groups in total. The predicted molar refractivity (Wildman–Crippen MR) is 160 cm³/mol. The number of aryl methyl sites for hydroxylation is 1. The van der Waals surface area contributed by atoms with E-state index in [1.54, 1.807) is 0 Å². The second-order valence-corrected chi connectivity index (χ2v) is 10.4. The minimum absolute atomic E-state index is 0.153. The number of piperazine rings is 1. The summed E-state index contributed by atoms with van der Waals surface area (Å²) in [4.78, 5) is 26.1. The van der Waals surface area contributed by atoms with E-state index >= 15 is 0 Å². The van der Waals surface area contributed by atoms with Crippen molar-refractivity contribution in [3.63, 3.8) is 0 Å². The topological polar surface area (TPSA) is 125 Å². The fraction of sp³-hybridized carbons (Fsp3) is 0.226. The summed E-state index contributed by atoms with van der Waals surface area (Å²) in [5, 5.41) is 10.9. The average molecular weight is 549 g/mol. The van der Waals surface area contributed by atoms with Crippen LogP contribution in [0.25, 0.3) is 22.3 Å². The van der Waals surface area contributed by atoms with E-state index in [9.17, 15) is 4.79 Å². The van der Waals surface area contributed by atoms with E-state index in [-0.39, 0.29) is 5.91 Å². The fourth-order valence-electron chi connectivity index (χ4n) is 4.97. The van der Waals surface area contributed by atoms with Crippen LogP contribution >= 0.6 is 0 Å². The summed E-state index contributed by atoms with van der Waals surface area (Å²) in [6.45, 7) is 7.00. The molecule has 0 radical (unpaired) electrons. The molecule has 0 aliphatic carbocycles. The molecule has 3 aromatic carbocycles. The highest BCUT2D eigenvalue weighted by Crippen LogP contribution is 2.32. The number of carbonyl (C=O) groups excluding carboxylic acids is 1. The number of hydrogen-bond acceptors (Lipinski definition) is 8. The molecule has 10 heteroatoms. The van der Waals surface area contributed by atoms with Crippen molar-refractivity contribution in [1.82, 2.24) is 30.0 Å². The highest BCUT2D eigenvalue weighted by Gasteiger charge is 2.16. The number of carbonyl (C=O) groups is 1. The van der Waals surface area contributed by atoms with Crippen molar-refractivity contribution in [2.24, 2.45) is 0 Å². The highest BCUT2D eigenvalue weighted by atomic mass is 16.5. The number of likely N-dealkylation sites (N-methyl/N-ethyl adjacent to an activating group) is 1. The van der Waals surface area contributed by atoms with E-state index in [0.717, 1.165) is 55.1 Å². The number of H-pyrrole nitrogens is 1. The Labute approximate surface area is 238 Å². The number of aromatic amines is 1. The van der Waals surface area contributed by atoms with E-state index in [1.165, 1.54) is 6.33 Å². The van der Waals surface area contributed by atoms with Gasteiger partial charge >= 0.3 is 0 Å². The van der Waals surface area contributed by atoms with Gasteiger partial charge in [-0.1, -0.05) is 18.2 Å². The van der Waals surface area contributed by atoms with Gasteiger partial charge in [-0.3, -0.25) is 14.8 Å². The Morgan fingerprint density at radius 2 is 1.83 bits per heavy atom. The van der Waals surface area contributed by atoms with Crippen molar-refractivity contribution in [2.45, 2.75) is 13.5 Å². The lowest BCUT2D eigenvalue weighted by Crippen LogP contribution is -2.43. The van der Waals surface area contributed by atoms with E-state index in [4.69, 9.17) is 10.5 Å². The summed E-state index contributed by atoms with van der Waals surface area (Å²) in [5.41, 5.74) is 11.6. The number of amides is 1. The summed E-state index contributed by atoms with van der Waals surface area (Å²) in [6.07, 6.45) is 1.39. The molecule has 41 heavy (non-hydrogen) atoms. The number of nitrogens with two attached hydrogens (primary N) is 1. The molecule has 0 atom stereocenters. The summed E-state index contributed by atoms with van der Waals surface area (Å²) in [5.74, 6) is 1.53. The molecule has 1 aliphatic heterocycles. The van der Waals surface area contributed by atoms with Crippen molar-refractivity contribution in [2.75, 3.05) is 44.3 Å². The van der Waals surface area contributed by atoms with Gasteiger partial charge in [-0.25, -0.2) is 9.97 Å². The first-order valence-electron chi connectivity index (χ1n) is 13.6. The number of benzene rings is 3. The summed E-state index contributed by atoms with van der Waals surface area (Å²) in [6, 6.07) is 21.1. The predicted octanol–water partition coefficient (Wildman–Crippen LogP) is 4.70. The van der Waals surface area contributed by atoms with Crippen LogP contribution in [0.2, 0.25) is 0 Å². The molecule has 2 aromatic heterocycles. The number of hydrogen-bond donors (Lipinski definition) is 3. The number of aromatic nitrogens is 4. The minimum Gasteiger partial charge on any atom is -0.457 e. The SMILES string of the molecule is Cc1ccc(NC(=O)c2cccc(CN3CCN(C)CC3)c2)cc1Oc1ccc(-c2[nH]nc3ncnc(N)c23)cc1. The molecule has 0 saturated carbocycles. The van der Waals surface area contributed by atoms with Crippen LogP contribution in [0.5, 0.6) is 11.5 Å². The number of nitrogens with one attached hydrogen (secondary N) is 2. The van der Waals surface area contributed by atoms with Gasteiger partial charge in [0.2, 0.25) is 0 Å². The van der Waals surface area contributed by atoms with Crippen LogP contribution in [0.4, 0.5) is 11.5 Å². The molecule has 1 saturated heterocycles. The molecule has 0 unspecified atom stereocenters. The lowest BCUT2D eigenvalue weighted by Gasteiger charge is -2.32. The Morgan fingerprint density at radius 3 is 2.63 bits per heavy atom. The zero-order valence-corrected chi connectivity index (χ0v) is 23.1. The third-order valence-electron chi connectivity index (χ3n) is 7.39. The maximum absolute atomic E-state index is 13.1. The first kappa shape index (κ1) is 26.4. The molecule has 0 bridgehead atoms. The Kier molecular flexibility index (Phi) is 7.32. The number of fused-ring (bicyclic) bond motifs is 1. The van der Waals surface area contributed by atoms with Crippen LogP contribution in [-0.4, -0.2) is 69.1 Å². The van der Waals surface area contributed by atoms with Gasteiger partial charge in [0, 0.05) is 55.6 Å². The Balaban J connectivity index is 1.13. The molecule has 0 spiro atoms. The molecule has 3 heterocycles. The van der Waals surface area contributed by atoms with Crippen LogP contribution in [0.1, 0.15) is 21.5 Å². The van der Waals surface area contributed by atoms with Crippen molar-refractivity contribution >= 4 is 28.4 Å². The molecule has 1 fully saturated rings. The third kappa shape index (κ3) is 5.88. The first-order chi connectivity index (χ1) is 19.9. The van der Waals surface area contributed by atoms with Gasteiger partial charge in [0.15, 0.2) is 5.65 Å². The summed E-state index contributed by atoms with van der Waals surface area (Å²) < 4.78 is 6.20. The number of ether oxygens (including phenoxy) is 1. The molecular weight excluding hydrogens is 516 g/mol. The second kappa shape index (κ2) is 11.4. The molecule has 10 nitrogen and oxygen atoms in total. The first-order valence-corrected chi connectivity index (χ1v) is 13.6. The lowest BCUT2D eigenvalue weighted by molar-refractivity contribution is 0.102. The maximum Gasteiger partial charge on any atom is 0.255 e. The van der Waals surface area contributed by atoms with Crippen molar-refractivity contribution in [3.8, 4) is 22.8 Å². The number of anilines is 2. The van der Waals surface area contributed by atoms with Gasteiger partial charge in [0.05, 0.1) is 11.1 Å². The van der Waals surface area contributed by atoms with Gasteiger partial charge in [0.1, 0.15) is 23.6 Å². The van der Waals surface area contributed by atoms with Crippen molar-refractivity contribution in [3.05, 3.63) is 89.7 Å². The Hall–Kier alpha value is -4.80. The Bertz CT molecular complexity index is 1690. The quantitative estimate of drug-likeness (QED) is 0.267. The number of nitrogen functional groups attached to an aromatic ring is 1. The molecule has 1 amide bonds. The molecular formula is C31H32N8O2. The molecule has 6 rings (SSSR count). The normalized spacial score (nSPS) is 14.3. The summed E-state index contributed by atoms with van der Waals surface area (Å²) in [7, 11) is 2.15. The standard InChI is InChI=1S/C31H32N8O2/c1-20-6-9-24(35-31(40)23-5-3-4-21(16-23)18-39-14-12-38(2)13-15-39)17-26(20)41-25-10-7-22(8-11-25)28-27-29(32)33-19-34-30(27)37-36-28/h3-11,16-17,19H,12-15,18H2,1-2H3,(H,35,40)(H3,32,33,34,36,37). The lowest BCUT2D eigenvalue weighted by atomic mass is 10.1. The van der Waals surface area contributed by atoms with Crippen LogP contribution in [0.3, 0.4) is 0 Å². The van der Waals surface area contributed by atoms with Gasteiger partial charge in [-0.15, -0.1) is 0 Å². The van der Waals surface area contributed by atoms with Crippen molar-refractivity contribution < 1.29 is 9.53 Å². The van der Waals surface area contributed by atoms with Gasteiger partial charge in [-0.2, -0.15) is 5.10 Å². The maximum atomic E-state index is 13.1. The fourth-order valence-corrected chi connectivity index (χ4v) is 4.97. The van der Waals surface area contributed by atoms with Gasteiger partial charge in [-0.05, 0) is 67.6 Å². The van der Waals surface area contributed by atoms with Crippen LogP contribution in [0, 0.1) is 6.92 Å². The van der Waals surface area contributed by atoms with Gasteiger partial charge < -0.3 is 20.7 Å². The number of nitrogens with zero attached hydrogens (tertiary/aromatic N) is 5. The molecule has 5 aromatic rings. The van der Waals surface area contributed by atoms with Crippen molar-refractivity contribution in [1.29, 1.82) is 0 Å². The van der Waals surface area contributed by atoms with E-state index in [0.29, 0.717) is 39.6 Å². The smallest absolute Gasteiger partial charge is 0.255 e. The monoisotopic (exact) mass is 548 g/mol. The Morgan fingerprint density at radius 1 is 1.02 bits per heavy atom. The van der Waals surface area contributed by atoms with Gasteiger partial charge in [0.25, 0.3) is 5.91 Å². The van der Waals surface area contributed by atoms with Crippen LogP contribution in [0.15, 0.2) is 73.1 Å². The van der Waals surface area contributed by atoms with E-state index in [2.05, 4.69) is 48.4 Å². The summed E-state index contributed by atoms with van der Waals surface area (Å²) >= 11 is 0.